The van der Waals surface area contributed by atoms with E-state index < -0.39 is 0 Å². The summed E-state index contributed by atoms with van der Waals surface area (Å²) >= 11 is 1.41. The fraction of sp³-hybridized carbons (Fsp3) is 0.227. The predicted octanol–water partition coefficient (Wildman–Crippen LogP) is 3.93. The molecular weight excluding hydrogens is 384 g/mol. The topological polar surface area (TPSA) is 74.3 Å². The van der Waals surface area contributed by atoms with Crippen molar-refractivity contribution in [3.8, 4) is 0 Å². The number of pyridine rings is 1. The van der Waals surface area contributed by atoms with E-state index in [2.05, 4.69) is 20.5 Å². The first kappa shape index (κ1) is 19.1. The monoisotopic (exact) mass is 406 g/mol. The van der Waals surface area contributed by atoms with Gasteiger partial charge in [0, 0.05) is 25.2 Å². The second-order valence-corrected chi connectivity index (χ2v) is 7.86. The van der Waals surface area contributed by atoms with Crippen LogP contribution in [0.3, 0.4) is 0 Å². The Hall–Kier alpha value is -3.19. The first-order valence-electron chi connectivity index (χ1n) is 9.62. The highest BCUT2D eigenvalue weighted by Crippen LogP contribution is 2.19. The van der Waals surface area contributed by atoms with Gasteiger partial charge in [0.2, 0.25) is 0 Å². The molecule has 1 fully saturated rings. The summed E-state index contributed by atoms with van der Waals surface area (Å²) in [6.07, 6.45) is 4.10. The van der Waals surface area contributed by atoms with Crippen molar-refractivity contribution in [1.29, 1.82) is 0 Å². The van der Waals surface area contributed by atoms with E-state index in [0.29, 0.717) is 22.7 Å². The molecule has 0 spiro atoms. The number of carbonyl (C=O) groups excluding carboxylic acids is 2. The molecule has 2 amide bonds. The molecule has 3 heterocycles. The van der Waals surface area contributed by atoms with Crippen LogP contribution in [0.5, 0.6) is 0 Å². The molecule has 1 saturated heterocycles. The summed E-state index contributed by atoms with van der Waals surface area (Å²) in [5.41, 5.74) is 2.16. The average molecular weight is 407 g/mol. The number of carbonyl (C=O) groups is 2. The van der Waals surface area contributed by atoms with Crippen molar-refractivity contribution in [2.24, 2.45) is 0 Å². The molecule has 0 bridgehead atoms. The van der Waals surface area contributed by atoms with Gasteiger partial charge in [-0.05, 0) is 54.1 Å². The van der Waals surface area contributed by atoms with Crippen LogP contribution in [-0.4, -0.2) is 29.9 Å². The quantitative estimate of drug-likeness (QED) is 0.651. The fourth-order valence-corrected chi connectivity index (χ4v) is 3.89. The van der Waals surface area contributed by atoms with E-state index in [0.717, 1.165) is 24.5 Å². The molecule has 0 unspecified atom stereocenters. The Morgan fingerprint density at radius 1 is 1.00 bits per heavy atom. The van der Waals surface area contributed by atoms with Crippen LogP contribution >= 0.6 is 11.3 Å². The number of hydrogen-bond donors (Lipinski definition) is 2. The zero-order valence-electron chi connectivity index (χ0n) is 15.9. The number of aromatic nitrogens is 1. The van der Waals surface area contributed by atoms with Crippen LogP contribution in [0, 0.1) is 0 Å². The van der Waals surface area contributed by atoms with Crippen molar-refractivity contribution in [3.63, 3.8) is 0 Å². The summed E-state index contributed by atoms with van der Waals surface area (Å²) in [7, 11) is 0. The fourth-order valence-electron chi connectivity index (χ4n) is 3.25. The number of amides is 2. The Bertz CT molecular complexity index is 963. The number of thiophene rings is 1. The maximum atomic E-state index is 12.5. The van der Waals surface area contributed by atoms with Gasteiger partial charge in [-0.1, -0.05) is 18.2 Å². The Labute approximate surface area is 173 Å². The third-order valence-corrected chi connectivity index (χ3v) is 5.72. The lowest BCUT2D eigenvalue weighted by Crippen LogP contribution is -2.21. The van der Waals surface area contributed by atoms with Gasteiger partial charge in [0.25, 0.3) is 11.8 Å². The van der Waals surface area contributed by atoms with E-state index in [1.165, 1.54) is 24.2 Å². The lowest BCUT2D eigenvalue weighted by Gasteiger charge is -2.16. The molecule has 4 rings (SSSR count). The predicted molar refractivity (Wildman–Crippen MR) is 116 cm³/mol. The Balaban J connectivity index is 1.31. The van der Waals surface area contributed by atoms with Crippen molar-refractivity contribution in [2.45, 2.75) is 19.4 Å². The number of rotatable bonds is 6. The molecule has 0 radical (unpaired) electrons. The Kier molecular flexibility index (Phi) is 5.86. The van der Waals surface area contributed by atoms with Crippen LogP contribution in [0.25, 0.3) is 0 Å². The SMILES string of the molecule is O=C(Nc1ccc(N2CCCC2)nc1)c1ccc(CNC(=O)c2cccs2)cc1. The van der Waals surface area contributed by atoms with Crippen molar-refractivity contribution >= 4 is 34.7 Å². The van der Waals surface area contributed by atoms with Crippen LogP contribution in [-0.2, 0) is 6.54 Å². The van der Waals surface area contributed by atoms with Crippen LogP contribution in [0.2, 0.25) is 0 Å². The summed E-state index contributed by atoms with van der Waals surface area (Å²) in [6, 6.07) is 14.7. The summed E-state index contributed by atoms with van der Waals surface area (Å²) in [5.74, 6) is 0.677. The van der Waals surface area contributed by atoms with E-state index >= 15 is 0 Å². The van der Waals surface area contributed by atoms with Gasteiger partial charge < -0.3 is 15.5 Å². The highest BCUT2D eigenvalue weighted by Gasteiger charge is 2.13. The number of anilines is 2. The van der Waals surface area contributed by atoms with Crippen molar-refractivity contribution in [3.05, 3.63) is 76.1 Å². The van der Waals surface area contributed by atoms with Gasteiger partial charge >= 0.3 is 0 Å². The van der Waals surface area contributed by atoms with Crippen LogP contribution in [0.15, 0.2) is 60.1 Å². The maximum absolute atomic E-state index is 12.5. The smallest absolute Gasteiger partial charge is 0.261 e. The minimum Gasteiger partial charge on any atom is -0.357 e. The average Bonchev–Trinajstić information content (AvgIpc) is 3.47. The second kappa shape index (κ2) is 8.87. The molecule has 6 nitrogen and oxygen atoms in total. The highest BCUT2D eigenvalue weighted by molar-refractivity contribution is 7.12. The second-order valence-electron chi connectivity index (χ2n) is 6.91. The normalized spacial score (nSPS) is 13.3. The van der Waals surface area contributed by atoms with E-state index in [1.807, 2.05) is 35.7 Å². The molecular formula is C22H22N4O2S. The Morgan fingerprint density at radius 2 is 1.79 bits per heavy atom. The zero-order valence-corrected chi connectivity index (χ0v) is 16.7. The van der Waals surface area contributed by atoms with Gasteiger partial charge in [0.1, 0.15) is 5.82 Å². The molecule has 0 saturated carbocycles. The number of nitrogens with zero attached hydrogens (tertiary/aromatic N) is 2. The van der Waals surface area contributed by atoms with Crippen LogP contribution < -0.4 is 15.5 Å². The molecule has 1 aliphatic heterocycles. The van der Waals surface area contributed by atoms with Gasteiger partial charge in [-0.25, -0.2) is 4.98 Å². The minimum absolute atomic E-state index is 0.0910. The maximum Gasteiger partial charge on any atom is 0.261 e. The first-order chi connectivity index (χ1) is 14.2. The number of hydrogen-bond acceptors (Lipinski definition) is 5. The van der Waals surface area contributed by atoms with Crippen molar-refractivity contribution in [1.82, 2.24) is 10.3 Å². The lowest BCUT2D eigenvalue weighted by atomic mass is 10.1. The molecule has 2 N–H and O–H groups in total. The summed E-state index contributed by atoms with van der Waals surface area (Å²) in [6.45, 7) is 2.50. The van der Waals surface area contributed by atoms with Gasteiger partial charge in [-0.15, -0.1) is 11.3 Å². The van der Waals surface area contributed by atoms with E-state index in [9.17, 15) is 9.59 Å². The molecule has 0 aliphatic carbocycles. The van der Waals surface area contributed by atoms with Crippen molar-refractivity contribution in [2.75, 3.05) is 23.3 Å². The molecule has 29 heavy (non-hydrogen) atoms. The minimum atomic E-state index is -0.185. The molecule has 7 heteroatoms. The zero-order chi connectivity index (χ0) is 20.1. The summed E-state index contributed by atoms with van der Waals surface area (Å²) in [5, 5.41) is 7.63. The van der Waals surface area contributed by atoms with E-state index in [-0.39, 0.29) is 11.8 Å². The lowest BCUT2D eigenvalue weighted by molar-refractivity contribution is 0.0953. The summed E-state index contributed by atoms with van der Waals surface area (Å²) < 4.78 is 0. The molecule has 0 atom stereocenters. The largest absolute Gasteiger partial charge is 0.357 e. The third kappa shape index (κ3) is 4.81. The van der Waals surface area contributed by atoms with Gasteiger partial charge in [-0.3, -0.25) is 9.59 Å². The molecule has 1 aliphatic rings. The first-order valence-corrected chi connectivity index (χ1v) is 10.5. The van der Waals surface area contributed by atoms with Gasteiger partial charge in [0.05, 0.1) is 16.8 Å². The summed E-state index contributed by atoms with van der Waals surface area (Å²) in [4.78, 5) is 31.9. The standard InChI is InChI=1S/C22H22N4O2S/c27-21(25-18-9-10-20(23-15-18)26-11-1-2-12-26)17-7-5-16(6-8-17)14-24-22(28)19-4-3-13-29-19/h3-10,13,15H,1-2,11-12,14H2,(H,24,28)(H,25,27). The molecule has 1 aromatic carbocycles. The van der Waals surface area contributed by atoms with Gasteiger partial charge in [-0.2, -0.15) is 0 Å². The number of nitrogens with one attached hydrogen (secondary N) is 2. The van der Waals surface area contributed by atoms with E-state index in [1.54, 1.807) is 24.4 Å². The highest BCUT2D eigenvalue weighted by atomic mass is 32.1. The molecule has 148 valence electrons. The molecule has 3 aromatic rings. The number of benzene rings is 1. The Morgan fingerprint density at radius 3 is 2.45 bits per heavy atom. The van der Waals surface area contributed by atoms with Crippen LogP contribution in [0.1, 0.15) is 38.4 Å². The van der Waals surface area contributed by atoms with Crippen molar-refractivity contribution < 1.29 is 9.59 Å². The van der Waals surface area contributed by atoms with Crippen LogP contribution in [0.4, 0.5) is 11.5 Å². The third-order valence-electron chi connectivity index (χ3n) is 4.85. The van der Waals surface area contributed by atoms with E-state index in [4.69, 9.17) is 0 Å². The van der Waals surface area contributed by atoms with Gasteiger partial charge in [0.15, 0.2) is 0 Å². The molecule has 2 aromatic heterocycles.